The minimum atomic E-state index is -4.72. The Labute approximate surface area is 593 Å². The molecule has 22 nitrogen and oxygen atoms in total. The summed E-state index contributed by atoms with van der Waals surface area (Å²) in [4.78, 5) is 66.6. The molecular weight excluding hydrogens is 1350 g/mol. The number of hydrogen-bond donors (Lipinski definition) is 4. The van der Waals surface area contributed by atoms with Crippen LogP contribution >= 0.6 is 0 Å². The van der Waals surface area contributed by atoms with Crippen molar-refractivity contribution in [1.82, 2.24) is 29.8 Å². The Balaban J connectivity index is 0.684. The van der Waals surface area contributed by atoms with E-state index in [4.69, 9.17) is 14.6 Å². The number of rotatable bonds is 25. The molecule has 0 aliphatic carbocycles. The van der Waals surface area contributed by atoms with Crippen LogP contribution in [0.1, 0.15) is 111 Å². The van der Waals surface area contributed by atoms with Crippen LogP contribution in [0.2, 0.25) is 0 Å². The molecule has 0 spiro atoms. The number of nitrogens with zero attached hydrogens (tertiary/aromatic N) is 7. The highest BCUT2D eigenvalue weighted by Crippen LogP contribution is 2.49. The zero-order valence-corrected chi connectivity index (χ0v) is 59.7. The molecule has 4 atom stereocenters. The fraction of sp³-hybridized carbons (Fsp3) is 0.400. The van der Waals surface area contributed by atoms with E-state index in [-0.39, 0.29) is 33.8 Å². The number of quaternary nitrogens is 1. The van der Waals surface area contributed by atoms with E-state index in [1.54, 1.807) is 54.2 Å². The van der Waals surface area contributed by atoms with Gasteiger partial charge in [-0.15, -0.1) is 0 Å². The highest BCUT2D eigenvalue weighted by atomic mass is 32.2. The van der Waals surface area contributed by atoms with Gasteiger partial charge in [-0.3, -0.25) is 43.3 Å². The fourth-order valence-corrected chi connectivity index (χ4v) is 15.7. The van der Waals surface area contributed by atoms with Crippen LogP contribution < -0.4 is 30.1 Å². The second kappa shape index (κ2) is 30.6. The van der Waals surface area contributed by atoms with Gasteiger partial charge in [0.05, 0.1) is 59.5 Å². The third-order valence-corrected chi connectivity index (χ3v) is 21.8. The molecule has 5 aliphatic rings. The van der Waals surface area contributed by atoms with E-state index >= 15 is 0 Å². The highest BCUT2D eigenvalue weighted by molar-refractivity contribution is 7.86. The fourth-order valence-electron chi connectivity index (χ4n) is 14.7. The average Bonchev–Trinajstić information content (AvgIpc) is 1.57. The van der Waals surface area contributed by atoms with Crippen molar-refractivity contribution >= 4 is 66.7 Å². The number of alkyl halides is 3. The zero-order chi connectivity index (χ0) is 73.1. The molecule has 2 saturated heterocycles. The van der Waals surface area contributed by atoms with Crippen molar-refractivity contribution in [2.45, 2.75) is 112 Å². The molecule has 2 unspecified atom stereocenters. The maximum absolute atomic E-state index is 14.9. The summed E-state index contributed by atoms with van der Waals surface area (Å²) in [6.45, 7) is 21.0. The van der Waals surface area contributed by atoms with Crippen LogP contribution in [0, 0.1) is 0 Å². The number of allylic oxidation sites excluding steroid dienone is 5. The van der Waals surface area contributed by atoms with E-state index in [9.17, 15) is 58.3 Å². The van der Waals surface area contributed by atoms with Gasteiger partial charge in [0.1, 0.15) is 39.5 Å². The summed E-state index contributed by atoms with van der Waals surface area (Å²) in [5.41, 5.74) is 4.12. The quantitative estimate of drug-likeness (QED) is 0.0180. The van der Waals surface area contributed by atoms with E-state index in [1.165, 1.54) is 35.2 Å². The molecule has 5 aromatic carbocycles. The second-order valence-electron chi connectivity index (χ2n) is 27.5. The maximum Gasteiger partial charge on any atom is 0.416 e. The van der Waals surface area contributed by atoms with Gasteiger partial charge in [-0.25, -0.2) is 13.1 Å². The van der Waals surface area contributed by atoms with Crippen molar-refractivity contribution in [3.63, 3.8) is 0 Å². The number of hydrogen-bond acceptors (Lipinski definition) is 15. The summed E-state index contributed by atoms with van der Waals surface area (Å²) in [5.74, 6) is -1.72. The average molecular weight is 1440 g/mol. The van der Waals surface area contributed by atoms with Gasteiger partial charge < -0.3 is 34.5 Å². The minimum absolute atomic E-state index is 0.0695. The molecule has 0 saturated carbocycles. The lowest BCUT2D eigenvalue weighted by Crippen LogP contribution is -3.07. The third-order valence-electron chi connectivity index (χ3n) is 20.2. The molecule has 6 heterocycles. The van der Waals surface area contributed by atoms with Gasteiger partial charge in [0.2, 0.25) is 5.91 Å². The van der Waals surface area contributed by atoms with E-state index in [1.807, 2.05) is 88.2 Å². The molecule has 2 fully saturated rings. The van der Waals surface area contributed by atoms with Crippen LogP contribution in [0.15, 0.2) is 173 Å². The van der Waals surface area contributed by atoms with Gasteiger partial charge in [0.15, 0.2) is 0 Å². The Hall–Kier alpha value is -8.80. The number of amides is 4. The van der Waals surface area contributed by atoms with E-state index in [0.29, 0.717) is 131 Å². The summed E-state index contributed by atoms with van der Waals surface area (Å²) in [7, 11) is -7.09. The second-order valence-corrected chi connectivity index (χ2v) is 30.3. The number of aromatic nitrogens is 2. The molecule has 11 rings (SSSR count). The number of halogens is 3. The smallest absolute Gasteiger partial charge is 0.416 e. The van der Waals surface area contributed by atoms with Gasteiger partial charge in [-0.1, -0.05) is 69.3 Å². The number of unbranched alkanes of at least 4 members (excludes halogenated alkanes) is 2. The van der Waals surface area contributed by atoms with Crippen LogP contribution in [0.5, 0.6) is 5.75 Å². The monoisotopic (exact) mass is 1440 g/mol. The molecule has 542 valence electrons. The zero-order valence-electron chi connectivity index (χ0n) is 58.0. The Bertz CT molecular complexity index is 4500. The van der Waals surface area contributed by atoms with Gasteiger partial charge >= 0.3 is 6.18 Å². The Morgan fingerprint density at radius 1 is 0.814 bits per heavy atom. The molecule has 0 radical (unpaired) electrons. The summed E-state index contributed by atoms with van der Waals surface area (Å²) in [6, 6.07) is 25.9. The number of benzene rings is 5. The molecule has 102 heavy (non-hydrogen) atoms. The van der Waals surface area contributed by atoms with Crippen molar-refractivity contribution in [3.8, 4) is 11.4 Å². The lowest BCUT2D eigenvalue weighted by molar-refractivity contribution is -0.828. The Morgan fingerprint density at radius 3 is 2.26 bits per heavy atom. The van der Waals surface area contributed by atoms with Crippen molar-refractivity contribution in [1.29, 1.82) is 0 Å². The van der Waals surface area contributed by atoms with Gasteiger partial charge in [-0.2, -0.15) is 26.7 Å². The van der Waals surface area contributed by atoms with E-state index in [2.05, 4.69) is 38.0 Å². The van der Waals surface area contributed by atoms with E-state index in [0.717, 1.165) is 70.7 Å². The first-order valence-corrected chi connectivity index (χ1v) is 37.2. The molecular formula is C75H87F3N10O12S2. The standard InChI is InChI=1S/C75H87F3N10O12S2/c1-8-86-71-59(67(68(72(86)92)81-70(91)52-20-15-21-53(43-52)75(76,77)78)51-19-16-22-54(44-51)80-69(90)50(2)49-84-38-41-99-42-39-84)48-79-88(71)55-23-17-24-56(45-55)100-40-18-32-83-34-36-85(37-35-83)66(89)27-13-10-14-33-87-63-31-29-58(102(96,97)98)47-61(63)74(5,6)65(87)26-12-9-11-25-64-73(3,4)60-46-57(101(93,94)95)28-30-62(60)82(64)7/h9,11-12,15-17,19-26,28-31,43-48,64,67-68H,2,8,10,13-14,18,27,32-42,49H2,1,3-7H3,(H,80,90)(H,81,91)(H,93,94,95)(H,96,97,98)/b12-9+,25-11+,65-26+/t64?,67-,68+/m1/s1. The summed E-state index contributed by atoms with van der Waals surface area (Å²) in [6.07, 6.45) is 10.0. The lowest BCUT2D eigenvalue weighted by atomic mass is 9.80. The Kier molecular flexibility index (Phi) is 22.3. The van der Waals surface area contributed by atoms with Crippen molar-refractivity contribution in [3.05, 3.63) is 197 Å². The number of fused-ring (bicyclic) bond motifs is 3. The molecule has 1 aromatic heterocycles. The number of anilines is 3. The summed E-state index contributed by atoms with van der Waals surface area (Å²) in [5, 5.41) is 10.5. The highest BCUT2D eigenvalue weighted by Gasteiger charge is 2.48. The molecule has 5 aliphatic heterocycles. The minimum Gasteiger partial charge on any atom is -0.744 e. The first kappa shape index (κ1) is 74.4. The summed E-state index contributed by atoms with van der Waals surface area (Å²) < 4.78 is 125. The Morgan fingerprint density at radius 2 is 1.54 bits per heavy atom. The number of nitrogens with one attached hydrogen (secondary N) is 3. The predicted octanol–water partition coefficient (Wildman–Crippen LogP) is 8.94. The van der Waals surface area contributed by atoms with Crippen molar-refractivity contribution < 1.29 is 72.7 Å². The van der Waals surface area contributed by atoms with Crippen LogP contribution in [-0.2, 0) is 56.4 Å². The number of piperazine rings is 1. The number of carbonyl (C=O) groups excluding carboxylic acids is 4. The topological polar surface area (TPSA) is 261 Å². The summed E-state index contributed by atoms with van der Waals surface area (Å²) >= 11 is 0. The molecule has 27 heteroatoms. The molecule has 0 bridgehead atoms. The molecule has 6 aromatic rings. The maximum atomic E-state index is 14.9. The van der Waals surface area contributed by atoms with Gasteiger partial charge in [-0.05, 0) is 136 Å². The van der Waals surface area contributed by atoms with E-state index < -0.39 is 72.5 Å². The van der Waals surface area contributed by atoms with Gasteiger partial charge in [0, 0.05) is 135 Å². The number of likely N-dealkylation sites (N-methyl/N-ethyl adjacent to an activating group) is 2. The predicted molar refractivity (Wildman–Crippen MR) is 380 cm³/mol. The number of carbonyl (C=O) groups is 4. The number of morpholine rings is 1. The van der Waals surface area contributed by atoms with Crippen LogP contribution in [0.25, 0.3) is 5.69 Å². The van der Waals surface area contributed by atoms with Crippen LogP contribution in [0.3, 0.4) is 0 Å². The lowest BCUT2D eigenvalue weighted by Gasteiger charge is -2.38. The SMILES string of the molecule is C=C(CN1CCOCC1)C(=O)Nc1cccc([C@@H]2c3cnn(-c4cccc(OCCCN5CCN(C(=O)CCCCCN6/C(=C/C=C/C=C/C7[NH+](C)c8ccc(S(=O)(=O)[O-])cc8C7(C)C)C(C)(C)c7cc(S(=O)(=O)O)ccc76)CC5)c4)c3N(CC)C(=O)[C@H]2NC(=O)c2cccc(C(F)(F)F)c2)c1. The van der Waals surface area contributed by atoms with Crippen molar-refractivity contribution in [2.24, 2.45) is 0 Å². The van der Waals surface area contributed by atoms with Gasteiger partial charge in [0.25, 0.3) is 27.8 Å². The first-order valence-electron chi connectivity index (χ1n) is 34.3. The number of ether oxygens (including phenoxy) is 2. The molecule has 4 N–H and O–H groups in total. The van der Waals surface area contributed by atoms with Crippen molar-refractivity contribution in [2.75, 3.05) is 107 Å². The van der Waals surface area contributed by atoms with Crippen LogP contribution in [0.4, 0.5) is 36.1 Å². The normalized spacial score (nSPS) is 20.4. The third kappa shape index (κ3) is 16.3. The largest absolute Gasteiger partial charge is 0.744 e. The van der Waals surface area contributed by atoms with Crippen LogP contribution in [-0.4, -0.2) is 178 Å². The molecule has 4 amide bonds. The first-order chi connectivity index (χ1) is 48.4.